The quantitative estimate of drug-likeness (QED) is 0.568. The number of ether oxygens (including phenoxy) is 3. The third-order valence-corrected chi connectivity index (χ3v) is 4.97. The maximum atomic E-state index is 12.8. The zero-order valence-corrected chi connectivity index (χ0v) is 16.5. The van der Waals surface area contributed by atoms with Crippen molar-refractivity contribution in [2.24, 2.45) is 5.73 Å². The first-order valence-corrected chi connectivity index (χ1v) is 9.91. The fourth-order valence-corrected chi connectivity index (χ4v) is 3.65. The van der Waals surface area contributed by atoms with Crippen LogP contribution in [0.3, 0.4) is 0 Å². The molecular weight excluding hydrogens is 358 g/mol. The number of unbranched alkanes of at least 4 members (excludes halogenated alkanes) is 1. The Morgan fingerprint density at radius 1 is 1.25 bits per heavy atom. The third kappa shape index (κ3) is 3.91. The Balaban J connectivity index is 2.11. The number of carbonyl (C=O) groups excluding carboxylic acids is 2. The van der Waals surface area contributed by atoms with Crippen LogP contribution in [0.25, 0.3) is 0 Å². The van der Waals surface area contributed by atoms with Gasteiger partial charge < -0.3 is 19.9 Å². The van der Waals surface area contributed by atoms with Gasteiger partial charge >= 0.3 is 5.97 Å². The summed E-state index contributed by atoms with van der Waals surface area (Å²) in [5.41, 5.74) is 7.53. The lowest BCUT2D eigenvalue weighted by atomic mass is 9.77. The largest absolute Gasteiger partial charge is 0.493 e. The minimum atomic E-state index is -0.645. The van der Waals surface area contributed by atoms with Crippen molar-refractivity contribution < 1.29 is 23.8 Å². The van der Waals surface area contributed by atoms with Crippen LogP contribution in [0.4, 0.5) is 0 Å². The van der Waals surface area contributed by atoms with E-state index in [0.29, 0.717) is 43.0 Å². The van der Waals surface area contributed by atoms with Crippen LogP contribution in [0.1, 0.15) is 57.4 Å². The van der Waals surface area contributed by atoms with Gasteiger partial charge in [-0.25, -0.2) is 4.79 Å². The van der Waals surface area contributed by atoms with Crippen molar-refractivity contribution in [2.75, 3.05) is 13.2 Å². The highest BCUT2D eigenvalue weighted by Gasteiger charge is 2.42. The molecule has 0 amide bonds. The molecule has 1 atom stereocenters. The summed E-state index contributed by atoms with van der Waals surface area (Å²) in [4.78, 5) is 25.6. The number of benzene rings is 1. The molecule has 0 saturated heterocycles. The Morgan fingerprint density at radius 2 is 2.04 bits per heavy atom. The maximum Gasteiger partial charge on any atom is 0.340 e. The second-order valence-corrected chi connectivity index (χ2v) is 6.89. The van der Waals surface area contributed by atoms with Crippen LogP contribution in [-0.4, -0.2) is 25.0 Å². The lowest BCUT2D eigenvalue weighted by Crippen LogP contribution is -2.31. The van der Waals surface area contributed by atoms with Gasteiger partial charge in [-0.1, -0.05) is 31.5 Å². The second-order valence-electron chi connectivity index (χ2n) is 6.89. The number of esters is 1. The first-order chi connectivity index (χ1) is 13.6. The lowest BCUT2D eigenvalue weighted by Gasteiger charge is -2.33. The van der Waals surface area contributed by atoms with Gasteiger partial charge in [0.15, 0.2) is 5.78 Å². The van der Waals surface area contributed by atoms with Gasteiger partial charge in [0, 0.05) is 24.0 Å². The van der Waals surface area contributed by atoms with E-state index >= 15 is 0 Å². The minimum Gasteiger partial charge on any atom is -0.493 e. The van der Waals surface area contributed by atoms with Gasteiger partial charge in [0.2, 0.25) is 5.88 Å². The Morgan fingerprint density at radius 3 is 2.79 bits per heavy atom. The van der Waals surface area contributed by atoms with Crippen LogP contribution in [0.5, 0.6) is 5.75 Å². The van der Waals surface area contributed by atoms with Crippen molar-refractivity contribution in [3.63, 3.8) is 0 Å². The Bertz CT molecular complexity index is 824. The van der Waals surface area contributed by atoms with Crippen molar-refractivity contribution in [3.8, 4) is 5.75 Å². The van der Waals surface area contributed by atoms with Crippen LogP contribution in [0.15, 0.2) is 47.1 Å². The highest BCUT2D eigenvalue weighted by atomic mass is 16.5. The number of allylic oxidation sites excluding steroid dienone is 2. The normalized spacial score (nSPS) is 19.2. The Kier molecular flexibility index (Phi) is 6.39. The van der Waals surface area contributed by atoms with Crippen LogP contribution in [0, 0.1) is 0 Å². The van der Waals surface area contributed by atoms with Crippen LogP contribution in [0.2, 0.25) is 0 Å². The molecule has 1 heterocycles. The van der Waals surface area contributed by atoms with Crippen molar-refractivity contribution >= 4 is 11.8 Å². The minimum absolute atomic E-state index is 0.000242. The van der Waals surface area contributed by atoms with E-state index in [4.69, 9.17) is 19.9 Å². The molecule has 0 unspecified atom stereocenters. The predicted octanol–water partition coefficient (Wildman–Crippen LogP) is 3.72. The summed E-state index contributed by atoms with van der Waals surface area (Å²) in [6.45, 7) is 4.58. The molecule has 150 valence electrons. The Labute approximate surface area is 165 Å². The average Bonchev–Trinajstić information content (AvgIpc) is 2.68. The molecule has 28 heavy (non-hydrogen) atoms. The van der Waals surface area contributed by atoms with E-state index in [9.17, 15) is 9.59 Å². The number of para-hydroxylation sites is 1. The van der Waals surface area contributed by atoms with E-state index in [1.54, 1.807) is 6.92 Å². The standard InChI is InChI=1S/C22H27NO5/c1-3-5-13-27-16-11-7-6-9-14(16)18-19-15(24)10-8-12-17(19)28-21(23)20(18)22(25)26-4-2/h6-7,9,11,18H,3-5,8,10,12-13,23H2,1-2H3/t18-/m1/s1. The fraction of sp³-hybridized carbons (Fsp3) is 0.455. The molecule has 2 N–H and O–H groups in total. The SMILES string of the molecule is CCCCOc1ccccc1[C@H]1C(C(=O)OCC)=C(N)OC2=C1C(=O)CCC2. The summed E-state index contributed by atoms with van der Waals surface area (Å²) >= 11 is 0. The van der Waals surface area contributed by atoms with Crippen LogP contribution >= 0.6 is 0 Å². The molecule has 1 aromatic carbocycles. The van der Waals surface area contributed by atoms with Gasteiger partial charge in [-0.2, -0.15) is 0 Å². The summed E-state index contributed by atoms with van der Waals surface area (Å²) in [6.07, 6.45) is 3.67. The van der Waals surface area contributed by atoms with Gasteiger partial charge in [-0.05, 0) is 25.8 Å². The van der Waals surface area contributed by atoms with Crippen molar-refractivity contribution in [1.82, 2.24) is 0 Å². The molecule has 6 heteroatoms. The van der Waals surface area contributed by atoms with Crippen molar-refractivity contribution in [3.05, 3.63) is 52.6 Å². The summed E-state index contributed by atoms with van der Waals surface area (Å²) in [5, 5.41) is 0. The third-order valence-electron chi connectivity index (χ3n) is 4.97. The fourth-order valence-electron chi connectivity index (χ4n) is 3.65. The summed E-state index contributed by atoms with van der Waals surface area (Å²) in [5.74, 6) is -0.0475. The number of carbonyl (C=O) groups is 2. The van der Waals surface area contributed by atoms with Crippen LogP contribution in [-0.2, 0) is 19.1 Å². The zero-order valence-electron chi connectivity index (χ0n) is 16.5. The van der Waals surface area contributed by atoms with Crippen LogP contribution < -0.4 is 10.5 Å². The van der Waals surface area contributed by atoms with E-state index in [-0.39, 0.29) is 23.8 Å². The van der Waals surface area contributed by atoms with Gasteiger partial charge in [0.25, 0.3) is 0 Å². The Hall–Kier alpha value is -2.76. The molecule has 0 spiro atoms. The number of rotatable bonds is 7. The number of Topliss-reactive ketones (excluding diaryl/α,β-unsaturated/α-hetero) is 1. The predicted molar refractivity (Wildman–Crippen MR) is 104 cm³/mol. The number of nitrogens with two attached hydrogens (primary N) is 1. The summed E-state index contributed by atoms with van der Waals surface area (Å²) in [7, 11) is 0. The van der Waals surface area contributed by atoms with E-state index in [1.807, 2.05) is 24.3 Å². The van der Waals surface area contributed by atoms with Gasteiger partial charge in [-0.3, -0.25) is 4.79 Å². The number of hydrogen-bond donors (Lipinski definition) is 1. The molecule has 1 aromatic rings. The first-order valence-electron chi connectivity index (χ1n) is 9.91. The molecule has 0 saturated carbocycles. The molecule has 6 nitrogen and oxygen atoms in total. The summed E-state index contributed by atoms with van der Waals surface area (Å²) in [6, 6.07) is 7.46. The van der Waals surface area contributed by atoms with E-state index in [1.165, 1.54) is 0 Å². The molecule has 1 aliphatic carbocycles. The van der Waals surface area contributed by atoms with E-state index < -0.39 is 11.9 Å². The van der Waals surface area contributed by atoms with Crippen molar-refractivity contribution in [1.29, 1.82) is 0 Å². The van der Waals surface area contributed by atoms with E-state index in [0.717, 1.165) is 18.4 Å². The highest BCUT2D eigenvalue weighted by molar-refractivity contribution is 6.03. The zero-order chi connectivity index (χ0) is 20.1. The molecule has 1 aliphatic heterocycles. The van der Waals surface area contributed by atoms with Gasteiger partial charge in [0.1, 0.15) is 17.1 Å². The van der Waals surface area contributed by atoms with E-state index in [2.05, 4.69) is 6.92 Å². The molecule has 3 rings (SSSR count). The molecule has 0 aromatic heterocycles. The highest BCUT2D eigenvalue weighted by Crippen LogP contribution is 2.46. The number of hydrogen-bond acceptors (Lipinski definition) is 6. The van der Waals surface area contributed by atoms with Gasteiger partial charge in [-0.15, -0.1) is 0 Å². The first kappa shape index (κ1) is 20.0. The molecule has 0 radical (unpaired) electrons. The number of ketones is 1. The maximum absolute atomic E-state index is 12.8. The lowest BCUT2D eigenvalue weighted by molar-refractivity contribution is -0.139. The van der Waals surface area contributed by atoms with Gasteiger partial charge in [0.05, 0.1) is 19.1 Å². The summed E-state index contributed by atoms with van der Waals surface area (Å²) < 4.78 is 16.9. The monoisotopic (exact) mass is 385 g/mol. The topological polar surface area (TPSA) is 87.8 Å². The smallest absolute Gasteiger partial charge is 0.340 e. The molecule has 0 bridgehead atoms. The second kappa shape index (κ2) is 8.95. The van der Waals surface area contributed by atoms with Crippen molar-refractivity contribution in [2.45, 2.75) is 51.9 Å². The molecular formula is C22H27NO5. The molecule has 0 fully saturated rings. The molecule has 2 aliphatic rings. The average molecular weight is 385 g/mol.